The number of carbonyl (C=O) groups is 3. The first-order valence-electron chi connectivity index (χ1n) is 8.35. The van der Waals surface area contributed by atoms with Crippen LogP contribution in [-0.4, -0.2) is 23.4 Å². The van der Waals surface area contributed by atoms with Crippen LogP contribution in [0.25, 0.3) is 0 Å². The van der Waals surface area contributed by atoms with Gasteiger partial charge in [-0.05, 0) is 50.2 Å². The van der Waals surface area contributed by atoms with Gasteiger partial charge in [0.2, 0.25) is 0 Å². The van der Waals surface area contributed by atoms with Crippen molar-refractivity contribution in [1.29, 1.82) is 0 Å². The van der Waals surface area contributed by atoms with E-state index in [0.29, 0.717) is 0 Å². The predicted octanol–water partition coefficient (Wildman–Crippen LogP) is 3.93. The van der Waals surface area contributed by atoms with Gasteiger partial charge in [0.05, 0.1) is 16.8 Å². The lowest BCUT2D eigenvalue weighted by atomic mass is 10.1. The molecule has 0 radical (unpaired) electrons. The molecule has 0 saturated carbocycles. The number of nitrogens with one attached hydrogen (secondary N) is 2. The van der Waals surface area contributed by atoms with E-state index in [9.17, 15) is 31.9 Å². The van der Waals surface area contributed by atoms with E-state index in [4.69, 9.17) is 0 Å². The Morgan fingerprint density at radius 3 is 2.38 bits per heavy atom. The fraction of sp³-hybridized carbons (Fsp3) is 0.211. The molecule has 2 aromatic carbocycles. The number of benzene rings is 2. The lowest BCUT2D eigenvalue weighted by Gasteiger charge is -2.17. The number of halogens is 4. The number of nitrogens with zero attached hydrogens (tertiary/aromatic N) is 1. The summed E-state index contributed by atoms with van der Waals surface area (Å²) in [7, 11) is 0. The molecule has 0 bridgehead atoms. The minimum atomic E-state index is -4.93. The highest BCUT2D eigenvalue weighted by molar-refractivity contribution is 6.23. The smallest absolute Gasteiger partial charge is 0.323 e. The van der Waals surface area contributed by atoms with E-state index in [1.165, 1.54) is 38.1 Å². The van der Waals surface area contributed by atoms with Crippen LogP contribution in [0.2, 0.25) is 0 Å². The number of alkyl halides is 3. The summed E-state index contributed by atoms with van der Waals surface area (Å²) in [6.07, 6.45) is -4.93. The highest BCUT2D eigenvalue weighted by Crippen LogP contribution is 2.33. The molecule has 0 atom stereocenters. The molecule has 2 N–H and O–H groups in total. The van der Waals surface area contributed by atoms with Crippen LogP contribution in [0, 0.1) is 5.82 Å². The molecule has 2 aromatic rings. The minimum absolute atomic E-state index is 0.0512. The van der Waals surface area contributed by atoms with Crippen LogP contribution in [0.1, 0.15) is 29.8 Å². The maximum absolute atomic E-state index is 13.2. The van der Waals surface area contributed by atoms with Crippen LogP contribution in [0.15, 0.2) is 42.5 Å². The van der Waals surface area contributed by atoms with Gasteiger partial charge < -0.3 is 10.6 Å². The molecule has 0 aromatic heterocycles. The molecule has 3 rings (SSSR count). The number of hydrogen-bond donors (Lipinski definition) is 2. The summed E-state index contributed by atoms with van der Waals surface area (Å²) < 4.78 is 52.6. The molecule has 1 fully saturated rings. The first-order chi connectivity index (χ1) is 13.4. The largest absolute Gasteiger partial charge is 0.417 e. The number of hydrogen-bond acceptors (Lipinski definition) is 3. The highest BCUT2D eigenvalue weighted by Gasteiger charge is 2.45. The maximum Gasteiger partial charge on any atom is 0.417 e. The molecule has 152 valence electrons. The molecular weight excluding hydrogens is 394 g/mol. The second-order valence-electron chi connectivity index (χ2n) is 6.89. The first kappa shape index (κ1) is 20.3. The molecule has 4 amide bonds. The van der Waals surface area contributed by atoms with Crippen molar-refractivity contribution in [1.82, 2.24) is 5.32 Å². The van der Waals surface area contributed by atoms with Gasteiger partial charge in [-0.3, -0.25) is 9.59 Å². The Hall–Kier alpha value is -3.43. The van der Waals surface area contributed by atoms with Gasteiger partial charge in [-0.2, -0.15) is 13.2 Å². The van der Waals surface area contributed by atoms with Crippen LogP contribution < -0.4 is 15.5 Å². The summed E-state index contributed by atoms with van der Waals surface area (Å²) in [4.78, 5) is 37.7. The monoisotopic (exact) mass is 409 g/mol. The SMILES string of the molecule is CC1(C)NC(=O)N(c2cccc(NC(=O)c3ccc(F)cc3C(F)(F)F)c2)C1=O. The van der Waals surface area contributed by atoms with Crippen molar-refractivity contribution in [3.05, 3.63) is 59.4 Å². The zero-order valence-corrected chi connectivity index (χ0v) is 15.2. The molecular formula is C19H15F4N3O3. The first-order valence-corrected chi connectivity index (χ1v) is 8.35. The number of imide groups is 1. The summed E-state index contributed by atoms with van der Waals surface area (Å²) >= 11 is 0. The molecule has 6 nitrogen and oxygen atoms in total. The second kappa shape index (κ2) is 6.87. The Morgan fingerprint density at radius 1 is 1.10 bits per heavy atom. The Bertz CT molecular complexity index is 1020. The molecule has 1 aliphatic rings. The van der Waals surface area contributed by atoms with Crippen LogP contribution in [-0.2, 0) is 11.0 Å². The molecule has 1 aliphatic heterocycles. The zero-order valence-electron chi connectivity index (χ0n) is 15.2. The molecule has 29 heavy (non-hydrogen) atoms. The van der Waals surface area contributed by atoms with Gasteiger partial charge in [-0.25, -0.2) is 14.1 Å². The van der Waals surface area contributed by atoms with E-state index in [1.807, 2.05) is 0 Å². The quantitative estimate of drug-likeness (QED) is 0.596. The van der Waals surface area contributed by atoms with Gasteiger partial charge in [0, 0.05) is 5.69 Å². The van der Waals surface area contributed by atoms with Crippen LogP contribution >= 0.6 is 0 Å². The average Bonchev–Trinajstić information content (AvgIpc) is 2.81. The average molecular weight is 409 g/mol. The zero-order chi connectivity index (χ0) is 21.6. The molecule has 1 heterocycles. The Morgan fingerprint density at radius 2 is 1.79 bits per heavy atom. The highest BCUT2D eigenvalue weighted by atomic mass is 19.4. The number of rotatable bonds is 3. The predicted molar refractivity (Wildman–Crippen MR) is 95.9 cm³/mol. The van der Waals surface area contributed by atoms with Gasteiger partial charge in [0.25, 0.3) is 11.8 Å². The van der Waals surface area contributed by atoms with Crippen molar-refractivity contribution >= 4 is 29.2 Å². The lowest BCUT2D eigenvalue weighted by Crippen LogP contribution is -2.40. The van der Waals surface area contributed by atoms with Crippen LogP contribution in [0.4, 0.5) is 33.7 Å². The number of anilines is 2. The fourth-order valence-corrected chi connectivity index (χ4v) is 2.85. The molecule has 0 spiro atoms. The van der Waals surface area contributed by atoms with Crippen LogP contribution in [0.3, 0.4) is 0 Å². The van der Waals surface area contributed by atoms with E-state index >= 15 is 0 Å². The van der Waals surface area contributed by atoms with Crippen molar-refractivity contribution in [3.63, 3.8) is 0 Å². The molecule has 0 aliphatic carbocycles. The van der Waals surface area contributed by atoms with E-state index in [-0.39, 0.29) is 17.4 Å². The summed E-state index contributed by atoms with van der Waals surface area (Å²) in [5.41, 5.74) is -3.12. The van der Waals surface area contributed by atoms with Gasteiger partial charge in [-0.1, -0.05) is 6.07 Å². The van der Waals surface area contributed by atoms with Crippen molar-refractivity contribution in [2.75, 3.05) is 10.2 Å². The summed E-state index contributed by atoms with van der Waals surface area (Å²) in [5, 5.41) is 4.77. The van der Waals surface area contributed by atoms with Gasteiger partial charge >= 0.3 is 12.2 Å². The van der Waals surface area contributed by atoms with Gasteiger partial charge in [0.1, 0.15) is 11.4 Å². The number of urea groups is 1. The molecule has 1 saturated heterocycles. The van der Waals surface area contributed by atoms with Gasteiger partial charge in [-0.15, -0.1) is 0 Å². The van der Waals surface area contributed by atoms with Gasteiger partial charge in [0.15, 0.2) is 0 Å². The summed E-state index contributed by atoms with van der Waals surface area (Å²) in [6, 6.07) is 6.56. The Balaban J connectivity index is 1.90. The van der Waals surface area contributed by atoms with Crippen molar-refractivity contribution < 1.29 is 31.9 Å². The van der Waals surface area contributed by atoms with E-state index < -0.39 is 46.5 Å². The molecule has 0 unspecified atom stereocenters. The standard InChI is InChI=1S/C19H15F4N3O3/c1-18(2)16(28)26(17(29)25-18)12-5-3-4-11(9-12)24-15(27)13-7-6-10(20)8-14(13)19(21,22)23/h3-9H,1-2H3,(H,24,27)(H,25,29). The lowest BCUT2D eigenvalue weighted by molar-refractivity contribution is -0.138. The third-order valence-corrected chi connectivity index (χ3v) is 4.25. The summed E-state index contributed by atoms with van der Waals surface area (Å²) in [6.45, 7) is 3.04. The Labute approximate surface area is 162 Å². The summed E-state index contributed by atoms with van der Waals surface area (Å²) in [5.74, 6) is -2.77. The normalized spacial score (nSPS) is 16.0. The van der Waals surface area contributed by atoms with Crippen molar-refractivity contribution in [3.8, 4) is 0 Å². The van der Waals surface area contributed by atoms with E-state index in [2.05, 4.69) is 10.6 Å². The number of amides is 4. The number of carbonyl (C=O) groups excluding carboxylic acids is 3. The van der Waals surface area contributed by atoms with E-state index in [0.717, 1.165) is 17.0 Å². The third kappa shape index (κ3) is 3.91. The van der Waals surface area contributed by atoms with Crippen molar-refractivity contribution in [2.45, 2.75) is 25.6 Å². The molecule has 10 heteroatoms. The topological polar surface area (TPSA) is 78.5 Å². The third-order valence-electron chi connectivity index (χ3n) is 4.25. The fourth-order valence-electron chi connectivity index (χ4n) is 2.85. The van der Waals surface area contributed by atoms with E-state index in [1.54, 1.807) is 0 Å². The van der Waals surface area contributed by atoms with Crippen LogP contribution in [0.5, 0.6) is 0 Å². The Kier molecular flexibility index (Phi) is 4.81. The minimum Gasteiger partial charge on any atom is -0.323 e. The van der Waals surface area contributed by atoms with Crippen molar-refractivity contribution in [2.24, 2.45) is 0 Å². The second-order valence-corrected chi connectivity index (χ2v) is 6.89. The maximum atomic E-state index is 13.2.